The number of amides is 2. The van der Waals surface area contributed by atoms with Crippen LogP contribution in [0.5, 0.6) is 5.75 Å². The molecule has 1 aromatic carbocycles. The number of hydrogen-bond acceptors (Lipinski definition) is 9. The highest BCUT2D eigenvalue weighted by Gasteiger charge is 2.18. The molecule has 0 saturated heterocycles. The maximum Gasteiger partial charge on any atom is 0.412 e. The zero-order valence-corrected chi connectivity index (χ0v) is 16.8. The van der Waals surface area contributed by atoms with Crippen molar-refractivity contribution in [2.45, 2.75) is 6.92 Å². The van der Waals surface area contributed by atoms with Crippen molar-refractivity contribution in [2.75, 3.05) is 31.9 Å². The van der Waals surface area contributed by atoms with Gasteiger partial charge in [-0.25, -0.2) is 9.78 Å². The number of methoxy groups -OCH3 is 2. The van der Waals surface area contributed by atoms with E-state index in [-0.39, 0.29) is 17.3 Å². The Morgan fingerprint density at radius 2 is 1.97 bits per heavy atom. The van der Waals surface area contributed by atoms with E-state index in [2.05, 4.69) is 35.8 Å². The number of carbonyl (C=O) groups is 2. The van der Waals surface area contributed by atoms with E-state index in [1.807, 2.05) is 0 Å². The summed E-state index contributed by atoms with van der Waals surface area (Å²) in [7, 11) is 4.25. The van der Waals surface area contributed by atoms with Crippen molar-refractivity contribution in [1.82, 2.24) is 20.4 Å². The normalized spacial score (nSPS) is 10.3. The Hall–Kier alpha value is -4.15. The lowest BCUT2D eigenvalue weighted by molar-refractivity contribution is 0.0963. The molecule has 11 nitrogen and oxygen atoms in total. The molecule has 11 heteroatoms. The summed E-state index contributed by atoms with van der Waals surface area (Å²) in [6.07, 6.45) is 0.652. The van der Waals surface area contributed by atoms with E-state index >= 15 is 0 Å². The number of benzene rings is 1. The Labute approximate surface area is 171 Å². The van der Waals surface area contributed by atoms with E-state index < -0.39 is 6.09 Å². The minimum absolute atomic E-state index is 0.195. The van der Waals surface area contributed by atoms with E-state index in [0.29, 0.717) is 34.4 Å². The van der Waals surface area contributed by atoms with E-state index in [4.69, 9.17) is 9.26 Å². The summed E-state index contributed by atoms with van der Waals surface area (Å²) in [5.41, 5.74) is 1.78. The van der Waals surface area contributed by atoms with Gasteiger partial charge in [0.1, 0.15) is 5.82 Å². The summed E-state index contributed by atoms with van der Waals surface area (Å²) in [5.74, 6) is 1.06. The number of para-hydroxylation sites is 1. The number of pyridine rings is 1. The van der Waals surface area contributed by atoms with Crippen LogP contribution in [-0.2, 0) is 4.74 Å². The molecule has 3 aromatic rings. The number of rotatable bonds is 6. The topological polar surface area (TPSA) is 140 Å². The molecule has 0 aliphatic rings. The van der Waals surface area contributed by atoms with Crippen molar-refractivity contribution in [1.29, 1.82) is 0 Å². The van der Waals surface area contributed by atoms with Gasteiger partial charge in [0, 0.05) is 26.2 Å². The maximum absolute atomic E-state index is 12.3. The van der Waals surface area contributed by atoms with Gasteiger partial charge in [0.2, 0.25) is 11.7 Å². The number of nitrogens with one attached hydrogen (secondary N) is 3. The first-order valence-corrected chi connectivity index (χ1v) is 8.78. The van der Waals surface area contributed by atoms with Gasteiger partial charge in [-0.15, -0.1) is 0 Å². The van der Waals surface area contributed by atoms with Crippen molar-refractivity contribution in [2.24, 2.45) is 0 Å². The third-order valence-corrected chi connectivity index (χ3v) is 4.05. The largest absolute Gasteiger partial charge is 0.494 e. The van der Waals surface area contributed by atoms with Crippen molar-refractivity contribution >= 4 is 29.2 Å². The number of hydrogen-bond donors (Lipinski definition) is 3. The molecule has 0 fully saturated rings. The van der Waals surface area contributed by atoms with E-state index in [0.717, 1.165) is 0 Å². The molecule has 2 amide bonds. The van der Waals surface area contributed by atoms with Crippen LogP contribution in [0.3, 0.4) is 0 Å². The second-order valence-electron chi connectivity index (χ2n) is 5.96. The van der Waals surface area contributed by atoms with E-state index in [1.54, 1.807) is 25.1 Å². The Morgan fingerprint density at radius 3 is 2.60 bits per heavy atom. The fourth-order valence-corrected chi connectivity index (χ4v) is 2.68. The Morgan fingerprint density at radius 1 is 1.17 bits per heavy atom. The van der Waals surface area contributed by atoms with Gasteiger partial charge in [-0.2, -0.15) is 4.98 Å². The molecular formula is C19H20N6O5. The summed E-state index contributed by atoms with van der Waals surface area (Å²) >= 11 is 0. The Balaban J connectivity index is 2.05. The minimum atomic E-state index is -0.687. The highest BCUT2D eigenvalue weighted by atomic mass is 16.5. The van der Waals surface area contributed by atoms with Gasteiger partial charge in [-0.3, -0.25) is 10.1 Å². The molecule has 2 heterocycles. The summed E-state index contributed by atoms with van der Waals surface area (Å²) in [5, 5.41) is 12.1. The SMILES string of the molecule is CNC(=O)c1cnc(NC(=O)OC)cc1Nc1cccc(-c2noc(C)n2)c1OC. The van der Waals surface area contributed by atoms with Crippen LogP contribution in [0.15, 0.2) is 35.0 Å². The first-order chi connectivity index (χ1) is 14.5. The lowest BCUT2D eigenvalue weighted by atomic mass is 10.1. The zero-order chi connectivity index (χ0) is 21.7. The Kier molecular flexibility index (Phi) is 6.11. The van der Waals surface area contributed by atoms with Crippen LogP contribution in [0.4, 0.5) is 22.0 Å². The number of anilines is 3. The first kappa shape index (κ1) is 20.6. The quantitative estimate of drug-likeness (QED) is 0.557. The van der Waals surface area contributed by atoms with E-state index in [1.165, 1.54) is 33.5 Å². The molecule has 0 aliphatic heterocycles. The highest BCUT2D eigenvalue weighted by Crippen LogP contribution is 2.37. The Bertz CT molecular complexity index is 1080. The smallest absolute Gasteiger partial charge is 0.412 e. The molecule has 0 bridgehead atoms. The van der Waals surface area contributed by atoms with Gasteiger partial charge in [0.15, 0.2) is 5.75 Å². The molecule has 30 heavy (non-hydrogen) atoms. The van der Waals surface area contributed by atoms with Gasteiger partial charge in [0.05, 0.1) is 36.7 Å². The zero-order valence-electron chi connectivity index (χ0n) is 16.8. The molecule has 2 aromatic heterocycles. The van der Waals surface area contributed by atoms with Gasteiger partial charge >= 0.3 is 6.09 Å². The highest BCUT2D eigenvalue weighted by molar-refractivity contribution is 6.01. The van der Waals surface area contributed by atoms with Crippen LogP contribution in [0, 0.1) is 6.92 Å². The van der Waals surface area contributed by atoms with Gasteiger partial charge in [-0.1, -0.05) is 11.2 Å². The number of nitrogens with zero attached hydrogens (tertiary/aromatic N) is 3. The molecule has 0 unspecified atom stereocenters. The van der Waals surface area contributed by atoms with Gasteiger partial charge in [0.25, 0.3) is 5.91 Å². The second kappa shape index (κ2) is 8.90. The fraction of sp³-hybridized carbons (Fsp3) is 0.211. The number of aryl methyl sites for hydroxylation is 1. The summed E-state index contributed by atoms with van der Waals surface area (Å²) in [6, 6.07) is 6.83. The van der Waals surface area contributed by atoms with Crippen LogP contribution < -0.4 is 20.7 Å². The molecule has 0 aliphatic carbocycles. The van der Waals surface area contributed by atoms with Crippen molar-refractivity contribution in [3.8, 4) is 17.1 Å². The molecule has 0 spiro atoms. The first-order valence-electron chi connectivity index (χ1n) is 8.78. The summed E-state index contributed by atoms with van der Waals surface area (Å²) < 4.78 is 15.2. The lowest BCUT2D eigenvalue weighted by Crippen LogP contribution is -2.20. The van der Waals surface area contributed by atoms with Crippen LogP contribution in [0.2, 0.25) is 0 Å². The maximum atomic E-state index is 12.3. The average molecular weight is 412 g/mol. The molecule has 3 N–H and O–H groups in total. The van der Waals surface area contributed by atoms with Gasteiger partial charge < -0.3 is 24.6 Å². The monoisotopic (exact) mass is 412 g/mol. The van der Waals surface area contributed by atoms with Crippen molar-refractivity contribution in [3.63, 3.8) is 0 Å². The third-order valence-electron chi connectivity index (χ3n) is 4.05. The van der Waals surface area contributed by atoms with Crippen LogP contribution >= 0.6 is 0 Å². The number of aromatic nitrogens is 3. The predicted molar refractivity (Wildman–Crippen MR) is 108 cm³/mol. The average Bonchev–Trinajstić information content (AvgIpc) is 3.19. The summed E-state index contributed by atoms with van der Waals surface area (Å²) in [6.45, 7) is 1.69. The number of carbonyl (C=O) groups excluding carboxylic acids is 2. The molecule has 3 rings (SSSR count). The van der Waals surface area contributed by atoms with Crippen LogP contribution in [-0.4, -0.2) is 48.4 Å². The second-order valence-corrected chi connectivity index (χ2v) is 5.96. The molecule has 0 saturated carbocycles. The fourth-order valence-electron chi connectivity index (χ4n) is 2.68. The molecule has 0 radical (unpaired) electrons. The van der Waals surface area contributed by atoms with E-state index in [9.17, 15) is 9.59 Å². The standard InChI is InChI=1S/C19H20N6O5/c1-10-22-17(25-30-10)11-6-5-7-13(16(11)28-3)23-14-8-15(24-19(27)29-4)21-9-12(14)18(26)20-2/h5-9H,1-4H3,(H,20,26)(H2,21,23,24,27). The lowest BCUT2D eigenvalue weighted by Gasteiger charge is -2.16. The molecule has 0 atom stereocenters. The van der Waals surface area contributed by atoms with Crippen molar-refractivity contribution in [3.05, 3.63) is 41.9 Å². The third kappa shape index (κ3) is 4.29. The minimum Gasteiger partial charge on any atom is -0.494 e. The predicted octanol–water partition coefficient (Wildman–Crippen LogP) is 2.73. The van der Waals surface area contributed by atoms with Crippen LogP contribution in [0.25, 0.3) is 11.4 Å². The van der Waals surface area contributed by atoms with Gasteiger partial charge in [-0.05, 0) is 12.1 Å². The number of ether oxygens (including phenoxy) is 2. The van der Waals surface area contributed by atoms with Crippen LogP contribution in [0.1, 0.15) is 16.2 Å². The van der Waals surface area contributed by atoms with Crippen molar-refractivity contribution < 1.29 is 23.6 Å². The molecule has 156 valence electrons. The summed E-state index contributed by atoms with van der Waals surface area (Å²) in [4.78, 5) is 32.1. The molecular weight excluding hydrogens is 392 g/mol.